The molecule has 180 valence electrons. The lowest BCUT2D eigenvalue weighted by atomic mass is 9.88. The summed E-state index contributed by atoms with van der Waals surface area (Å²) >= 11 is 3.47. The summed E-state index contributed by atoms with van der Waals surface area (Å²) in [6.45, 7) is 1.80. The minimum absolute atomic E-state index is 0.181. The van der Waals surface area contributed by atoms with Crippen LogP contribution in [0.1, 0.15) is 62.4 Å². The summed E-state index contributed by atoms with van der Waals surface area (Å²) < 4.78 is 9.13. The highest BCUT2D eigenvalue weighted by molar-refractivity contribution is 9.10. The summed E-state index contributed by atoms with van der Waals surface area (Å²) in [6.07, 6.45) is 9.04. The Balaban J connectivity index is 1.66. The van der Waals surface area contributed by atoms with E-state index >= 15 is 0 Å². The molecule has 4 aromatic rings. The van der Waals surface area contributed by atoms with Gasteiger partial charge in [0.25, 0.3) is 5.56 Å². The Morgan fingerprint density at radius 2 is 1.94 bits per heavy atom. The van der Waals surface area contributed by atoms with Crippen LogP contribution in [-0.2, 0) is 9.53 Å². The summed E-state index contributed by atoms with van der Waals surface area (Å²) in [5, 5.41) is 6.16. The molecule has 1 fully saturated rings. The number of fused-ring (bicyclic) bond motifs is 2. The number of carbonyl (C=O) groups is 1. The summed E-state index contributed by atoms with van der Waals surface area (Å²) in [7, 11) is 1.39. The Morgan fingerprint density at radius 1 is 1.17 bits per heavy atom. The molecular weight excluding hydrogens is 508 g/mol. The van der Waals surface area contributed by atoms with E-state index in [1.807, 2.05) is 47.2 Å². The van der Waals surface area contributed by atoms with E-state index in [0.717, 1.165) is 46.6 Å². The second kappa shape index (κ2) is 9.77. The zero-order chi connectivity index (χ0) is 24.5. The summed E-state index contributed by atoms with van der Waals surface area (Å²) in [6, 6.07) is 12.9. The zero-order valence-electron chi connectivity index (χ0n) is 19.8. The number of rotatable bonds is 5. The molecule has 2 aromatic carbocycles. The van der Waals surface area contributed by atoms with Gasteiger partial charge in [-0.05, 0) is 44.0 Å². The van der Waals surface area contributed by atoms with Gasteiger partial charge in [-0.1, -0.05) is 53.4 Å². The van der Waals surface area contributed by atoms with Crippen LogP contribution in [0.25, 0.3) is 21.8 Å². The summed E-state index contributed by atoms with van der Waals surface area (Å²) in [5.74, 6) is 0.587. The van der Waals surface area contributed by atoms with Gasteiger partial charge < -0.3 is 9.30 Å². The molecule has 0 aliphatic heterocycles. The van der Waals surface area contributed by atoms with Gasteiger partial charge >= 0.3 is 5.97 Å². The van der Waals surface area contributed by atoms with E-state index in [4.69, 9.17) is 14.8 Å². The van der Waals surface area contributed by atoms with E-state index in [1.165, 1.54) is 18.2 Å². The maximum Gasteiger partial charge on any atom is 0.328 e. The average Bonchev–Trinajstić information content (AvgIpc) is 3.26. The number of hydrogen-bond donors (Lipinski definition) is 0. The van der Waals surface area contributed by atoms with Crippen molar-refractivity contribution in [3.05, 3.63) is 74.9 Å². The van der Waals surface area contributed by atoms with Crippen LogP contribution in [0.2, 0.25) is 0 Å². The van der Waals surface area contributed by atoms with Crippen molar-refractivity contribution in [1.29, 1.82) is 0 Å². The van der Waals surface area contributed by atoms with Crippen LogP contribution in [0.15, 0.2) is 63.0 Å². The predicted octanol–water partition coefficient (Wildman–Crippen LogP) is 5.78. The second-order valence-electron chi connectivity index (χ2n) is 9.04. The largest absolute Gasteiger partial charge is 0.467 e. The number of para-hydroxylation sites is 1. The number of aromatic nitrogens is 3. The van der Waals surface area contributed by atoms with Gasteiger partial charge in [0.1, 0.15) is 11.9 Å². The maximum atomic E-state index is 13.6. The molecule has 1 saturated carbocycles. The molecule has 7 nitrogen and oxygen atoms in total. The predicted molar refractivity (Wildman–Crippen MR) is 141 cm³/mol. The van der Waals surface area contributed by atoms with Crippen molar-refractivity contribution in [2.24, 2.45) is 5.10 Å². The van der Waals surface area contributed by atoms with Gasteiger partial charge in [0.05, 0.1) is 24.2 Å². The highest BCUT2D eigenvalue weighted by Gasteiger charge is 2.23. The lowest BCUT2D eigenvalue weighted by Gasteiger charge is -2.22. The third kappa shape index (κ3) is 4.43. The Labute approximate surface area is 211 Å². The molecule has 0 spiro atoms. The van der Waals surface area contributed by atoms with E-state index in [-0.39, 0.29) is 17.4 Å². The molecule has 1 aliphatic rings. The molecule has 2 heterocycles. The zero-order valence-corrected chi connectivity index (χ0v) is 21.4. The number of carbonyl (C=O) groups excluding carboxylic acids is 1. The van der Waals surface area contributed by atoms with E-state index in [0.29, 0.717) is 16.7 Å². The number of esters is 1. The van der Waals surface area contributed by atoms with Gasteiger partial charge in [-0.3, -0.25) is 4.79 Å². The highest BCUT2D eigenvalue weighted by atomic mass is 79.9. The van der Waals surface area contributed by atoms with Gasteiger partial charge in [-0.25, -0.2) is 9.78 Å². The van der Waals surface area contributed by atoms with Crippen LogP contribution in [-0.4, -0.2) is 33.5 Å². The molecule has 1 aliphatic carbocycles. The van der Waals surface area contributed by atoms with Crippen LogP contribution >= 0.6 is 15.9 Å². The van der Waals surface area contributed by atoms with Crippen LogP contribution in [0, 0.1) is 0 Å². The number of ether oxygens (including phenoxy) is 1. The quantitative estimate of drug-likeness (QED) is 0.240. The fourth-order valence-corrected chi connectivity index (χ4v) is 5.32. The van der Waals surface area contributed by atoms with Crippen molar-refractivity contribution in [1.82, 2.24) is 14.2 Å². The minimum Gasteiger partial charge on any atom is -0.467 e. The van der Waals surface area contributed by atoms with Crippen molar-refractivity contribution in [2.45, 2.75) is 51.0 Å². The summed E-state index contributed by atoms with van der Waals surface area (Å²) in [4.78, 5) is 30.7. The molecule has 8 heteroatoms. The number of hydrogen-bond acceptors (Lipinski definition) is 5. The molecule has 0 saturated heterocycles. The van der Waals surface area contributed by atoms with Crippen molar-refractivity contribution in [3.8, 4) is 0 Å². The third-order valence-electron chi connectivity index (χ3n) is 6.85. The van der Waals surface area contributed by atoms with Crippen LogP contribution in [0.4, 0.5) is 0 Å². The lowest BCUT2D eigenvalue weighted by Crippen LogP contribution is -2.25. The SMILES string of the molecule is COC(=O)[C@H](C)n1cc(C=Nn2c(C3CCCCC3)nc3ccc(Br)cc3c2=O)c2ccccc21. The maximum absolute atomic E-state index is 13.6. The van der Waals surface area contributed by atoms with Crippen molar-refractivity contribution >= 4 is 49.9 Å². The fourth-order valence-electron chi connectivity index (χ4n) is 4.96. The lowest BCUT2D eigenvalue weighted by molar-refractivity contribution is -0.143. The molecule has 35 heavy (non-hydrogen) atoms. The number of nitrogens with zero attached hydrogens (tertiary/aromatic N) is 4. The van der Waals surface area contributed by atoms with Crippen LogP contribution < -0.4 is 5.56 Å². The Kier molecular flexibility index (Phi) is 6.56. The number of benzene rings is 2. The first kappa shape index (κ1) is 23.5. The Bertz CT molecular complexity index is 1500. The first-order chi connectivity index (χ1) is 17.0. The standard InChI is InChI=1S/C27H27BrN4O3/c1-17(27(34)35-2)31-16-19(21-10-6-7-11-24(21)31)15-29-32-25(18-8-4-3-5-9-18)30-23-13-12-20(28)14-22(23)26(32)33/h6-7,10-18H,3-5,8-9H2,1-2H3/t17-/m0/s1. The Morgan fingerprint density at radius 3 is 2.71 bits per heavy atom. The van der Waals surface area contributed by atoms with Crippen molar-refractivity contribution < 1.29 is 9.53 Å². The van der Waals surface area contributed by atoms with E-state index < -0.39 is 6.04 Å². The third-order valence-corrected chi connectivity index (χ3v) is 7.34. The average molecular weight is 535 g/mol. The summed E-state index contributed by atoms with van der Waals surface area (Å²) in [5.41, 5.74) is 2.22. The van der Waals surface area contributed by atoms with E-state index in [9.17, 15) is 9.59 Å². The molecule has 0 amide bonds. The van der Waals surface area contributed by atoms with Crippen LogP contribution in [0.5, 0.6) is 0 Å². The number of halogens is 1. The molecule has 0 bridgehead atoms. The van der Waals surface area contributed by atoms with Crippen molar-refractivity contribution in [3.63, 3.8) is 0 Å². The highest BCUT2D eigenvalue weighted by Crippen LogP contribution is 2.32. The van der Waals surface area contributed by atoms with Gasteiger partial charge in [-0.2, -0.15) is 9.78 Å². The van der Waals surface area contributed by atoms with Gasteiger partial charge in [0.15, 0.2) is 0 Å². The molecular formula is C27H27BrN4O3. The van der Waals surface area contributed by atoms with Crippen molar-refractivity contribution in [2.75, 3.05) is 7.11 Å². The number of methoxy groups -OCH3 is 1. The molecule has 0 unspecified atom stereocenters. The molecule has 0 N–H and O–H groups in total. The first-order valence-electron chi connectivity index (χ1n) is 11.9. The van der Waals surface area contributed by atoms with Gasteiger partial charge in [0.2, 0.25) is 0 Å². The Hall–Kier alpha value is -3.26. The monoisotopic (exact) mass is 534 g/mol. The fraction of sp³-hybridized carbons (Fsp3) is 0.333. The van der Waals surface area contributed by atoms with E-state index in [2.05, 4.69) is 15.9 Å². The normalized spacial score (nSPS) is 15.7. The van der Waals surface area contributed by atoms with E-state index in [1.54, 1.807) is 19.2 Å². The molecule has 5 rings (SSSR count). The minimum atomic E-state index is -0.493. The first-order valence-corrected chi connectivity index (χ1v) is 12.7. The van der Waals surface area contributed by atoms with Gasteiger partial charge in [0, 0.05) is 33.1 Å². The topological polar surface area (TPSA) is 78.5 Å². The molecule has 2 aromatic heterocycles. The smallest absolute Gasteiger partial charge is 0.328 e. The van der Waals surface area contributed by atoms with Gasteiger partial charge in [-0.15, -0.1) is 0 Å². The van der Waals surface area contributed by atoms with Crippen LogP contribution in [0.3, 0.4) is 0 Å². The second-order valence-corrected chi connectivity index (χ2v) is 9.95. The molecule has 0 radical (unpaired) electrons. The molecule has 1 atom stereocenters.